The van der Waals surface area contributed by atoms with Crippen LogP contribution in [0.5, 0.6) is 11.5 Å². The summed E-state index contributed by atoms with van der Waals surface area (Å²) >= 11 is 5.90. The van der Waals surface area contributed by atoms with Crippen molar-refractivity contribution in [3.05, 3.63) is 53.1 Å². The number of aryl methyl sites for hydroxylation is 1. The van der Waals surface area contributed by atoms with Crippen molar-refractivity contribution in [2.45, 2.75) is 24.8 Å². The van der Waals surface area contributed by atoms with Crippen LogP contribution < -0.4 is 14.2 Å². The van der Waals surface area contributed by atoms with Gasteiger partial charge in [0, 0.05) is 5.02 Å². The Hall–Kier alpha value is -1.76. The Morgan fingerprint density at radius 3 is 2.46 bits per heavy atom. The summed E-state index contributed by atoms with van der Waals surface area (Å²) in [4.78, 5) is -0.000291. The maximum absolute atomic E-state index is 12.5. The molecule has 0 radical (unpaired) electrons. The minimum absolute atomic E-state index is 0.000291. The molecule has 1 N–H and O–H groups in total. The Bertz CT molecular complexity index is 791. The van der Waals surface area contributed by atoms with E-state index in [0.29, 0.717) is 10.8 Å². The van der Waals surface area contributed by atoms with E-state index in [1.54, 1.807) is 13.0 Å². The van der Waals surface area contributed by atoms with Crippen LogP contribution >= 0.6 is 11.6 Å². The lowest BCUT2D eigenvalue weighted by Gasteiger charge is -2.17. The fraction of sp³-hybridized carbons (Fsp3) is 0.294. The van der Waals surface area contributed by atoms with Gasteiger partial charge in [0.25, 0.3) is 0 Å². The van der Waals surface area contributed by atoms with Crippen LogP contribution in [0.25, 0.3) is 0 Å². The highest BCUT2D eigenvalue weighted by Crippen LogP contribution is 2.27. The summed E-state index contributed by atoms with van der Waals surface area (Å²) in [7, 11) is -2.37. The molecule has 7 heteroatoms. The zero-order chi connectivity index (χ0) is 17.7. The molecular formula is C17H20ClNO4S. The van der Waals surface area contributed by atoms with E-state index < -0.39 is 16.1 Å². The molecule has 0 aliphatic heterocycles. The normalized spacial score (nSPS) is 12.7. The highest BCUT2D eigenvalue weighted by atomic mass is 35.5. The Balaban J connectivity index is 2.05. The Labute approximate surface area is 147 Å². The van der Waals surface area contributed by atoms with Crippen LogP contribution in [0.3, 0.4) is 0 Å². The predicted octanol–water partition coefficient (Wildman–Crippen LogP) is 3.40. The first-order chi connectivity index (χ1) is 11.3. The van der Waals surface area contributed by atoms with Gasteiger partial charge in [0.1, 0.15) is 23.0 Å². The topological polar surface area (TPSA) is 64.6 Å². The first kappa shape index (κ1) is 18.6. The van der Waals surface area contributed by atoms with Crippen LogP contribution in [0, 0.1) is 6.92 Å². The van der Waals surface area contributed by atoms with Crippen LogP contribution in [-0.2, 0) is 10.0 Å². The third-order valence-electron chi connectivity index (χ3n) is 3.29. The monoisotopic (exact) mass is 369 g/mol. The lowest BCUT2D eigenvalue weighted by atomic mass is 10.2. The molecule has 0 fully saturated rings. The van der Waals surface area contributed by atoms with Gasteiger partial charge in [-0.25, -0.2) is 13.1 Å². The summed E-state index contributed by atoms with van der Waals surface area (Å²) in [6.45, 7) is 3.91. The van der Waals surface area contributed by atoms with Gasteiger partial charge in [0.05, 0.1) is 13.2 Å². The van der Waals surface area contributed by atoms with Gasteiger partial charge in [-0.05, 0) is 44.2 Å². The molecule has 130 valence electrons. The van der Waals surface area contributed by atoms with Gasteiger partial charge in [-0.15, -0.1) is 0 Å². The molecule has 0 spiro atoms. The van der Waals surface area contributed by atoms with E-state index in [2.05, 4.69) is 4.72 Å². The molecule has 2 aromatic rings. The molecule has 0 aliphatic carbocycles. The van der Waals surface area contributed by atoms with Crippen molar-refractivity contribution in [2.75, 3.05) is 13.7 Å². The maximum atomic E-state index is 12.5. The van der Waals surface area contributed by atoms with Crippen LogP contribution in [0.15, 0.2) is 47.4 Å². The lowest BCUT2D eigenvalue weighted by molar-refractivity contribution is 0.287. The van der Waals surface area contributed by atoms with E-state index in [1.807, 2.05) is 31.2 Å². The number of hydrogen-bond acceptors (Lipinski definition) is 4. The van der Waals surface area contributed by atoms with Crippen LogP contribution in [0.2, 0.25) is 5.02 Å². The molecule has 0 saturated carbocycles. The highest BCUT2D eigenvalue weighted by molar-refractivity contribution is 7.89. The average Bonchev–Trinajstić information content (AvgIpc) is 2.54. The second-order valence-corrected chi connectivity index (χ2v) is 7.56. The largest absolute Gasteiger partial charge is 0.495 e. The first-order valence-electron chi connectivity index (χ1n) is 7.37. The van der Waals surface area contributed by atoms with E-state index >= 15 is 0 Å². The maximum Gasteiger partial charge on any atom is 0.244 e. The summed E-state index contributed by atoms with van der Waals surface area (Å²) in [5.74, 6) is 0.922. The Morgan fingerprint density at radius 2 is 1.83 bits per heavy atom. The number of sulfonamides is 1. The zero-order valence-corrected chi connectivity index (χ0v) is 15.3. The molecule has 0 saturated heterocycles. The second-order valence-electron chi connectivity index (χ2n) is 5.44. The lowest BCUT2D eigenvalue weighted by Crippen LogP contribution is -2.36. The van der Waals surface area contributed by atoms with Crippen LogP contribution in [-0.4, -0.2) is 28.2 Å². The van der Waals surface area contributed by atoms with Gasteiger partial charge in [0.15, 0.2) is 0 Å². The molecule has 0 unspecified atom stereocenters. The van der Waals surface area contributed by atoms with E-state index in [4.69, 9.17) is 21.1 Å². The van der Waals surface area contributed by atoms with Crippen molar-refractivity contribution < 1.29 is 17.9 Å². The van der Waals surface area contributed by atoms with Crippen molar-refractivity contribution in [1.82, 2.24) is 4.72 Å². The molecule has 0 amide bonds. The molecule has 2 rings (SSSR count). The predicted molar refractivity (Wildman–Crippen MR) is 94.5 cm³/mol. The summed E-state index contributed by atoms with van der Waals surface area (Å²) in [5.41, 5.74) is 1.13. The second kappa shape index (κ2) is 7.88. The summed E-state index contributed by atoms with van der Waals surface area (Å²) in [6.07, 6.45) is 0. The number of rotatable bonds is 7. The van der Waals surface area contributed by atoms with E-state index in [9.17, 15) is 8.42 Å². The molecule has 5 nitrogen and oxygen atoms in total. The molecule has 24 heavy (non-hydrogen) atoms. The zero-order valence-electron chi connectivity index (χ0n) is 13.7. The molecule has 0 heterocycles. The fourth-order valence-corrected chi connectivity index (χ4v) is 3.74. The van der Waals surface area contributed by atoms with Crippen molar-refractivity contribution in [3.63, 3.8) is 0 Å². The van der Waals surface area contributed by atoms with Gasteiger partial charge in [-0.3, -0.25) is 0 Å². The van der Waals surface area contributed by atoms with Gasteiger partial charge in [-0.1, -0.05) is 29.3 Å². The molecule has 0 aliphatic rings. The summed E-state index contributed by atoms with van der Waals surface area (Å²) in [6, 6.07) is 11.6. The summed E-state index contributed by atoms with van der Waals surface area (Å²) < 4.78 is 38.3. The Kier molecular flexibility index (Phi) is 6.10. The van der Waals surface area contributed by atoms with Crippen molar-refractivity contribution >= 4 is 21.6 Å². The number of methoxy groups -OCH3 is 1. The Morgan fingerprint density at radius 1 is 1.17 bits per heavy atom. The van der Waals surface area contributed by atoms with Crippen LogP contribution in [0.1, 0.15) is 12.5 Å². The number of ether oxygens (including phenoxy) is 2. The first-order valence-corrected chi connectivity index (χ1v) is 9.23. The van der Waals surface area contributed by atoms with Crippen molar-refractivity contribution in [2.24, 2.45) is 0 Å². The van der Waals surface area contributed by atoms with Gasteiger partial charge < -0.3 is 9.47 Å². The smallest absolute Gasteiger partial charge is 0.244 e. The summed E-state index contributed by atoms with van der Waals surface area (Å²) in [5, 5.41) is 0.319. The minimum atomic E-state index is -3.78. The number of halogens is 1. The molecule has 2 aromatic carbocycles. The quantitative estimate of drug-likeness (QED) is 0.812. The highest BCUT2D eigenvalue weighted by Gasteiger charge is 2.22. The average molecular weight is 370 g/mol. The molecule has 0 aromatic heterocycles. The van der Waals surface area contributed by atoms with E-state index in [0.717, 1.165) is 5.56 Å². The standard InChI is InChI=1S/C17H20ClNO4S/c1-12-4-7-15(8-5-12)23-11-13(2)19-24(20,21)17-10-14(18)6-9-16(17)22-3/h4-10,13,19H,11H2,1-3H3/t13-/m0/s1. The van der Waals surface area contributed by atoms with Crippen LogP contribution in [0.4, 0.5) is 0 Å². The third kappa shape index (κ3) is 4.87. The minimum Gasteiger partial charge on any atom is -0.495 e. The molecule has 1 atom stereocenters. The fourth-order valence-electron chi connectivity index (χ4n) is 2.08. The van der Waals surface area contributed by atoms with E-state index in [-0.39, 0.29) is 17.3 Å². The van der Waals surface area contributed by atoms with Crippen molar-refractivity contribution in [1.29, 1.82) is 0 Å². The number of benzene rings is 2. The SMILES string of the molecule is COc1ccc(Cl)cc1S(=O)(=O)N[C@@H](C)COc1ccc(C)cc1. The van der Waals surface area contributed by atoms with Gasteiger partial charge in [0.2, 0.25) is 10.0 Å². The van der Waals surface area contributed by atoms with Gasteiger partial charge in [-0.2, -0.15) is 0 Å². The number of nitrogens with one attached hydrogen (secondary N) is 1. The molecule has 0 bridgehead atoms. The third-order valence-corrected chi connectivity index (χ3v) is 5.14. The van der Waals surface area contributed by atoms with Gasteiger partial charge >= 0.3 is 0 Å². The van der Waals surface area contributed by atoms with E-state index in [1.165, 1.54) is 19.2 Å². The van der Waals surface area contributed by atoms with Crippen molar-refractivity contribution in [3.8, 4) is 11.5 Å². The molecular weight excluding hydrogens is 350 g/mol. The number of hydrogen-bond donors (Lipinski definition) is 1.